The first-order chi connectivity index (χ1) is 4.65. The van der Waals surface area contributed by atoms with Crippen molar-refractivity contribution >= 4 is 17.7 Å². The van der Waals surface area contributed by atoms with Crippen molar-refractivity contribution in [3.05, 3.63) is 0 Å². The molecule has 58 valence electrons. The van der Waals surface area contributed by atoms with Crippen LogP contribution in [0, 0.1) is 0 Å². The minimum atomic E-state index is -0.743. The standard InChI is InChI=1S/C6H11NO2S/c7-6(5(8)9)1-3-10-4-2-6/h1-4,7H2,(H,8,9)/p+1. The van der Waals surface area contributed by atoms with E-state index in [-0.39, 0.29) is 0 Å². The summed E-state index contributed by atoms with van der Waals surface area (Å²) in [4.78, 5) is 10.6. The van der Waals surface area contributed by atoms with Crippen molar-refractivity contribution in [1.29, 1.82) is 0 Å². The Balaban J connectivity index is 2.56. The average Bonchev–Trinajstić information content (AvgIpc) is 1.89. The fourth-order valence-electron chi connectivity index (χ4n) is 0.976. The van der Waals surface area contributed by atoms with Crippen molar-refractivity contribution in [2.24, 2.45) is 0 Å². The lowest BCUT2D eigenvalue weighted by Crippen LogP contribution is -2.77. The number of carboxylic acid groups (broad SMARTS) is 1. The summed E-state index contributed by atoms with van der Waals surface area (Å²) < 4.78 is 0. The summed E-state index contributed by atoms with van der Waals surface area (Å²) >= 11 is 1.81. The fourth-order valence-corrected chi connectivity index (χ4v) is 2.25. The van der Waals surface area contributed by atoms with Gasteiger partial charge in [-0.15, -0.1) is 0 Å². The maximum atomic E-state index is 10.6. The molecule has 0 spiro atoms. The van der Waals surface area contributed by atoms with E-state index in [0.29, 0.717) is 12.8 Å². The minimum absolute atomic E-state index is 0.675. The molecule has 1 aliphatic heterocycles. The van der Waals surface area contributed by atoms with Gasteiger partial charge in [0, 0.05) is 12.8 Å². The molecule has 0 aromatic rings. The zero-order chi connectivity index (χ0) is 7.61. The van der Waals surface area contributed by atoms with Crippen molar-refractivity contribution in [2.45, 2.75) is 18.4 Å². The summed E-state index contributed by atoms with van der Waals surface area (Å²) in [5.74, 6) is 1.14. The second kappa shape index (κ2) is 2.80. The number of quaternary nitrogens is 1. The van der Waals surface area contributed by atoms with Gasteiger partial charge in [0.2, 0.25) is 0 Å². The third-order valence-electron chi connectivity index (χ3n) is 1.90. The van der Waals surface area contributed by atoms with E-state index in [9.17, 15) is 4.79 Å². The van der Waals surface area contributed by atoms with E-state index in [0.717, 1.165) is 11.5 Å². The van der Waals surface area contributed by atoms with Crippen LogP contribution in [-0.2, 0) is 4.79 Å². The first kappa shape index (κ1) is 7.88. The molecule has 0 aromatic heterocycles. The van der Waals surface area contributed by atoms with Crippen LogP contribution in [0.3, 0.4) is 0 Å². The van der Waals surface area contributed by atoms with Crippen molar-refractivity contribution in [1.82, 2.24) is 0 Å². The molecule has 1 aliphatic rings. The van der Waals surface area contributed by atoms with Gasteiger partial charge in [0.15, 0.2) is 5.54 Å². The molecule has 4 N–H and O–H groups in total. The van der Waals surface area contributed by atoms with Gasteiger partial charge in [-0.3, -0.25) is 0 Å². The topological polar surface area (TPSA) is 64.9 Å². The molecular formula is C6H12NO2S+. The second-order valence-corrected chi connectivity index (χ2v) is 3.92. The van der Waals surface area contributed by atoms with Crippen LogP contribution in [0.25, 0.3) is 0 Å². The van der Waals surface area contributed by atoms with Gasteiger partial charge in [-0.1, -0.05) is 0 Å². The van der Waals surface area contributed by atoms with Crippen LogP contribution >= 0.6 is 11.8 Å². The fraction of sp³-hybridized carbons (Fsp3) is 0.833. The predicted molar refractivity (Wildman–Crippen MR) is 39.8 cm³/mol. The van der Waals surface area contributed by atoms with E-state index >= 15 is 0 Å². The third kappa shape index (κ3) is 1.44. The van der Waals surface area contributed by atoms with Crippen LogP contribution in [0.15, 0.2) is 0 Å². The van der Waals surface area contributed by atoms with Crippen LogP contribution < -0.4 is 5.73 Å². The molecule has 0 aliphatic carbocycles. The van der Waals surface area contributed by atoms with E-state index in [1.807, 2.05) is 11.8 Å². The third-order valence-corrected chi connectivity index (χ3v) is 2.89. The Bertz CT molecular complexity index is 143. The Labute approximate surface area is 64.0 Å². The highest BCUT2D eigenvalue weighted by Gasteiger charge is 2.39. The SMILES string of the molecule is [NH3+]C1(C(=O)O)CCSCC1. The van der Waals surface area contributed by atoms with Crippen LogP contribution in [-0.4, -0.2) is 28.1 Å². The van der Waals surface area contributed by atoms with Gasteiger partial charge in [0.05, 0.1) is 0 Å². The first-order valence-electron chi connectivity index (χ1n) is 3.32. The average molecular weight is 162 g/mol. The molecule has 1 rings (SSSR count). The van der Waals surface area contributed by atoms with E-state index in [1.54, 1.807) is 0 Å². The van der Waals surface area contributed by atoms with E-state index in [4.69, 9.17) is 5.11 Å². The van der Waals surface area contributed by atoms with Crippen LogP contribution in [0.2, 0.25) is 0 Å². The maximum Gasteiger partial charge on any atom is 0.365 e. The molecule has 0 unspecified atom stereocenters. The summed E-state index contributed by atoms with van der Waals surface area (Å²) in [6, 6.07) is 0. The Morgan fingerprint density at radius 2 is 2.00 bits per heavy atom. The van der Waals surface area contributed by atoms with Crippen molar-refractivity contribution in [3.63, 3.8) is 0 Å². The molecule has 0 atom stereocenters. The van der Waals surface area contributed by atoms with Crippen molar-refractivity contribution < 1.29 is 15.6 Å². The lowest BCUT2D eigenvalue weighted by Gasteiger charge is -2.24. The quantitative estimate of drug-likeness (QED) is 0.550. The highest BCUT2D eigenvalue weighted by Crippen LogP contribution is 2.23. The van der Waals surface area contributed by atoms with Crippen LogP contribution in [0.1, 0.15) is 12.8 Å². The van der Waals surface area contributed by atoms with Crippen molar-refractivity contribution in [2.75, 3.05) is 11.5 Å². The van der Waals surface area contributed by atoms with E-state index in [2.05, 4.69) is 5.73 Å². The monoisotopic (exact) mass is 162 g/mol. The van der Waals surface area contributed by atoms with Gasteiger partial charge in [-0.25, -0.2) is 4.79 Å². The molecule has 0 radical (unpaired) electrons. The molecule has 0 bridgehead atoms. The maximum absolute atomic E-state index is 10.6. The molecule has 1 saturated heterocycles. The van der Waals surface area contributed by atoms with Gasteiger partial charge in [-0.2, -0.15) is 11.8 Å². The summed E-state index contributed by atoms with van der Waals surface area (Å²) in [7, 11) is 0. The first-order valence-corrected chi connectivity index (χ1v) is 4.47. The Morgan fingerprint density at radius 3 is 2.30 bits per heavy atom. The Hall–Kier alpha value is -0.220. The lowest BCUT2D eigenvalue weighted by atomic mass is 9.94. The van der Waals surface area contributed by atoms with Gasteiger partial charge in [0.1, 0.15) is 0 Å². The normalized spacial score (nSPS) is 24.1. The molecule has 1 fully saturated rings. The zero-order valence-corrected chi connectivity index (χ0v) is 6.62. The minimum Gasteiger partial charge on any atom is -0.477 e. The summed E-state index contributed by atoms with van der Waals surface area (Å²) in [5.41, 5.74) is 3.04. The lowest BCUT2D eigenvalue weighted by molar-refractivity contribution is -0.463. The second-order valence-electron chi connectivity index (χ2n) is 2.70. The Morgan fingerprint density at radius 1 is 1.50 bits per heavy atom. The molecule has 10 heavy (non-hydrogen) atoms. The highest BCUT2D eigenvalue weighted by atomic mass is 32.2. The summed E-state index contributed by atoms with van der Waals surface area (Å²) in [6.45, 7) is 0. The van der Waals surface area contributed by atoms with Crippen LogP contribution in [0.5, 0.6) is 0 Å². The van der Waals surface area contributed by atoms with Gasteiger partial charge < -0.3 is 10.8 Å². The summed E-state index contributed by atoms with van der Waals surface area (Å²) in [5, 5.41) is 8.73. The largest absolute Gasteiger partial charge is 0.477 e. The molecule has 0 aromatic carbocycles. The number of carboxylic acids is 1. The zero-order valence-electron chi connectivity index (χ0n) is 5.80. The number of rotatable bonds is 1. The molecule has 3 nitrogen and oxygen atoms in total. The number of aliphatic carboxylic acids is 1. The van der Waals surface area contributed by atoms with Crippen molar-refractivity contribution in [3.8, 4) is 0 Å². The smallest absolute Gasteiger partial charge is 0.365 e. The molecule has 0 saturated carbocycles. The van der Waals surface area contributed by atoms with Gasteiger partial charge in [-0.05, 0) is 11.5 Å². The number of hydrogen-bond donors (Lipinski definition) is 2. The van der Waals surface area contributed by atoms with E-state index in [1.165, 1.54) is 0 Å². The molecular weight excluding hydrogens is 150 g/mol. The Kier molecular flexibility index (Phi) is 2.21. The van der Waals surface area contributed by atoms with Crippen LogP contribution in [0.4, 0.5) is 0 Å². The number of carbonyl (C=O) groups is 1. The molecule has 1 heterocycles. The van der Waals surface area contributed by atoms with E-state index < -0.39 is 11.5 Å². The number of thioether (sulfide) groups is 1. The summed E-state index contributed by atoms with van der Waals surface area (Å²) in [6.07, 6.45) is 1.43. The van der Waals surface area contributed by atoms with Gasteiger partial charge in [0.25, 0.3) is 0 Å². The molecule has 0 amide bonds. The number of hydrogen-bond acceptors (Lipinski definition) is 2. The predicted octanol–water partition coefficient (Wildman–Crippen LogP) is -0.421. The highest BCUT2D eigenvalue weighted by molar-refractivity contribution is 7.99. The molecule has 4 heteroatoms. The van der Waals surface area contributed by atoms with Gasteiger partial charge >= 0.3 is 5.97 Å².